The van der Waals surface area contributed by atoms with Gasteiger partial charge in [0.25, 0.3) is 5.91 Å². The molecule has 1 aliphatic rings. The Kier molecular flexibility index (Phi) is 6.79. The van der Waals surface area contributed by atoms with Gasteiger partial charge in [-0.15, -0.1) is 0 Å². The lowest BCUT2D eigenvalue weighted by molar-refractivity contribution is -0.134. The number of hydrogen-bond acceptors (Lipinski definition) is 5. The molecule has 1 atom stereocenters. The minimum Gasteiger partial charge on any atom is -0.497 e. The number of hydrogen-bond donors (Lipinski definition) is 2. The molecule has 0 saturated carbocycles. The third-order valence-electron chi connectivity index (χ3n) is 5.39. The van der Waals surface area contributed by atoms with Crippen LogP contribution in [0.1, 0.15) is 24.5 Å². The van der Waals surface area contributed by atoms with Gasteiger partial charge in [0.05, 0.1) is 14.2 Å². The summed E-state index contributed by atoms with van der Waals surface area (Å²) in [4.78, 5) is 38.6. The van der Waals surface area contributed by atoms with Crippen molar-refractivity contribution in [3.63, 3.8) is 0 Å². The number of ether oxygens (including phenoxy) is 2. The van der Waals surface area contributed by atoms with Crippen LogP contribution in [0.4, 0.5) is 4.79 Å². The van der Waals surface area contributed by atoms with Crippen LogP contribution in [0.3, 0.4) is 0 Å². The molecule has 0 aromatic heterocycles. The fourth-order valence-electron chi connectivity index (χ4n) is 3.49. The highest BCUT2D eigenvalue weighted by Crippen LogP contribution is 2.24. The standard InChI is InChI=1S/C23H27N3O5/c1-23(13-12-16-8-10-18(30-2)11-9-16)21(28)26(22(29)25-23)15-20(27)24-14-17-6-4-5-7-19(17)31-3/h4-11H,12-15H2,1-3H3,(H,24,27)(H,25,29)/t23-/m1/s1. The summed E-state index contributed by atoms with van der Waals surface area (Å²) >= 11 is 0. The zero-order valence-corrected chi connectivity index (χ0v) is 17.9. The van der Waals surface area contributed by atoms with E-state index in [1.165, 1.54) is 0 Å². The predicted octanol–water partition coefficient (Wildman–Crippen LogP) is 2.26. The van der Waals surface area contributed by atoms with Crippen molar-refractivity contribution in [1.82, 2.24) is 15.5 Å². The Morgan fingerprint density at radius 2 is 1.77 bits per heavy atom. The number of carbonyl (C=O) groups excluding carboxylic acids is 3. The molecule has 1 saturated heterocycles. The normalized spacial score (nSPS) is 18.0. The van der Waals surface area contributed by atoms with Gasteiger partial charge in [0, 0.05) is 12.1 Å². The van der Waals surface area contributed by atoms with E-state index in [1.807, 2.05) is 42.5 Å². The number of aryl methyl sites for hydroxylation is 1. The molecular weight excluding hydrogens is 398 g/mol. The van der Waals surface area contributed by atoms with Gasteiger partial charge >= 0.3 is 6.03 Å². The number of amides is 4. The summed E-state index contributed by atoms with van der Waals surface area (Å²) in [6.45, 7) is 1.59. The van der Waals surface area contributed by atoms with Gasteiger partial charge in [-0.1, -0.05) is 30.3 Å². The van der Waals surface area contributed by atoms with E-state index in [0.29, 0.717) is 18.6 Å². The van der Waals surface area contributed by atoms with Crippen molar-refractivity contribution in [3.8, 4) is 11.5 Å². The van der Waals surface area contributed by atoms with Gasteiger partial charge in [-0.3, -0.25) is 14.5 Å². The van der Waals surface area contributed by atoms with Crippen LogP contribution < -0.4 is 20.1 Å². The molecule has 0 radical (unpaired) electrons. The quantitative estimate of drug-likeness (QED) is 0.601. The molecule has 3 rings (SSSR count). The smallest absolute Gasteiger partial charge is 0.325 e. The minimum absolute atomic E-state index is 0.237. The largest absolute Gasteiger partial charge is 0.497 e. The fraction of sp³-hybridized carbons (Fsp3) is 0.348. The van der Waals surface area contributed by atoms with E-state index in [-0.39, 0.29) is 13.1 Å². The number of rotatable bonds is 9. The number of carbonyl (C=O) groups is 3. The van der Waals surface area contributed by atoms with Gasteiger partial charge in [-0.2, -0.15) is 0 Å². The second-order valence-electron chi connectivity index (χ2n) is 7.59. The first-order valence-electron chi connectivity index (χ1n) is 10.0. The van der Waals surface area contributed by atoms with E-state index in [0.717, 1.165) is 21.8 Å². The first-order chi connectivity index (χ1) is 14.9. The first kappa shape index (κ1) is 22.1. The summed E-state index contributed by atoms with van der Waals surface area (Å²) in [5.74, 6) is 0.585. The lowest BCUT2D eigenvalue weighted by Crippen LogP contribution is -2.45. The van der Waals surface area contributed by atoms with E-state index in [1.54, 1.807) is 27.2 Å². The molecule has 0 bridgehead atoms. The Morgan fingerprint density at radius 3 is 2.45 bits per heavy atom. The highest BCUT2D eigenvalue weighted by molar-refractivity contribution is 6.08. The zero-order valence-electron chi connectivity index (χ0n) is 17.9. The van der Waals surface area contributed by atoms with Crippen LogP contribution in [0.15, 0.2) is 48.5 Å². The van der Waals surface area contributed by atoms with E-state index < -0.39 is 23.4 Å². The number of urea groups is 1. The molecule has 0 unspecified atom stereocenters. The Balaban J connectivity index is 1.56. The number of imide groups is 1. The Bertz CT molecular complexity index is 960. The molecule has 0 spiro atoms. The molecule has 1 aliphatic heterocycles. The molecule has 8 nitrogen and oxygen atoms in total. The molecule has 0 aliphatic carbocycles. The lowest BCUT2D eigenvalue weighted by Gasteiger charge is -2.21. The van der Waals surface area contributed by atoms with E-state index in [9.17, 15) is 14.4 Å². The van der Waals surface area contributed by atoms with Crippen LogP contribution in [0.2, 0.25) is 0 Å². The molecule has 164 valence electrons. The summed E-state index contributed by atoms with van der Waals surface area (Å²) in [6.07, 6.45) is 1.02. The highest BCUT2D eigenvalue weighted by Gasteiger charge is 2.47. The molecule has 2 N–H and O–H groups in total. The van der Waals surface area contributed by atoms with E-state index >= 15 is 0 Å². The first-order valence-corrected chi connectivity index (χ1v) is 10.0. The third-order valence-corrected chi connectivity index (χ3v) is 5.39. The molecule has 8 heteroatoms. The van der Waals surface area contributed by atoms with Crippen LogP contribution >= 0.6 is 0 Å². The van der Waals surface area contributed by atoms with Crippen LogP contribution in [0.25, 0.3) is 0 Å². The van der Waals surface area contributed by atoms with Crippen molar-refractivity contribution in [3.05, 3.63) is 59.7 Å². The lowest BCUT2D eigenvalue weighted by atomic mass is 9.93. The molecule has 2 aromatic carbocycles. The molecule has 4 amide bonds. The van der Waals surface area contributed by atoms with Crippen LogP contribution in [0.5, 0.6) is 11.5 Å². The highest BCUT2D eigenvalue weighted by atomic mass is 16.5. The van der Waals surface area contributed by atoms with Crippen LogP contribution in [-0.2, 0) is 22.6 Å². The minimum atomic E-state index is -1.06. The summed E-state index contributed by atoms with van der Waals surface area (Å²) < 4.78 is 10.4. The van der Waals surface area contributed by atoms with Crippen molar-refractivity contribution in [1.29, 1.82) is 0 Å². The van der Waals surface area contributed by atoms with E-state index in [2.05, 4.69) is 10.6 Å². The monoisotopic (exact) mass is 425 g/mol. The Labute approximate surface area is 181 Å². The zero-order chi connectivity index (χ0) is 22.4. The van der Waals surface area contributed by atoms with Crippen molar-refractivity contribution in [2.45, 2.75) is 31.8 Å². The van der Waals surface area contributed by atoms with Crippen molar-refractivity contribution in [2.24, 2.45) is 0 Å². The summed E-state index contributed by atoms with van der Waals surface area (Å²) in [6, 6.07) is 14.3. The maximum absolute atomic E-state index is 12.9. The number of nitrogens with one attached hydrogen (secondary N) is 2. The molecule has 1 fully saturated rings. The van der Waals surface area contributed by atoms with Gasteiger partial charge in [0.15, 0.2) is 0 Å². The molecule has 1 heterocycles. The molecular formula is C23H27N3O5. The van der Waals surface area contributed by atoms with E-state index in [4.69, 9.17) is 9.47 Å². The average molecular weight is 425 g/mol. The second-order valence-corrected chi connectivity index (χ2v) is 7.59. The molecule has 2 aromatic rings. The molecule has 31 heavy (non-hydrogen) atoms. The maximum Gasteiger partial charge on any atom is 0.325 e. The summed E-state index contributed by atoms with van der Waals surface area (Å²) in [7, 11) is 3.16. The maximum atomic E-state index is 12.9. The van der Waals surface area contributed by atoms with Crippen LogP contribution in [-0.4, -0.2) is 49.0 Å². The number of para-hydroxylation sites is 1. The number of methoxy groups -OCH3 is 2. The van der Waals surface area contributed by atoms with Gasteiger partial charge in [-0.05, 0) is 43.5 Å². The topological polar surface area (TPSA) is 97.0 Å². The van der Waals surface area contributed by atoms with Gasteiger partial charge in [0.1, 0.15) is 23.6 Å². The fourth-order valence-corrected chi connectivity index (χ4v) is 3.49. The summed E-state index contributed by atoms with van der Waals surface area (Å²) in [5.41, 5.74) is 0.775. The van der Waals surface area contributed by atoms with Gasteiger partial charge in [0.2, 0.25) is 5.91 Å². The van der Waals surface area contributed by atoms with Crippen LogP contribution in [0, 0.1) is 0 Å². The van der Waals surface area contributed by atoms with Crippen molar-refractivity contribution in [2.75, 3.05) is 20.8 Å². The second kappa shape index (κ2) is 9.51. The number of nitrogens with zero attached hydrogens (tertiary/aromatic N) is 1. The SMILES string of the molecule is COc1ccc(CC[C@@]2(C)NC(=O)N(CC(=O)NCc3ccccc3OC)C2=O)cc1. The van der Waals surface area contributed by atoms with Crippen molar-refractivity contribution >= 4 is 17.8 Å². The Hall–Kier alpha value is -3.55. The average Bonchev–Trinajstić information content (AvgIpc) is 3.00. The third kappa shape index (κ3) is 5.14. The van der Waals surface area contributed by atoms with Crippen molar-refractivity contribution < 1.29 is 23.9 Å². The Morgan fingerprint density at radius 1 is 1.06 bits per heavy atom. The van der Waals surface area contributed by atoms with Gasteiger partial charge in [-0.25, -0.2) is 4.79 Å². The summed E-state index contributed by atoms with van der Waals surface area (Å²) in [5, 5.41) is 5.47. The predicted molar refractivity (Wildman–Crippen MR) is 115 cm³/mol. The van der Waals surface area contributed by atoms with Gasteiger partial charge < -0.3 is 20.1 Å². The number of benzene rings is 2.